The summed E-state index contributed by atoms with van der Waals surface area (Å²) in [5.74, 6) is 0. The summed E-state index contributed by atoms with van der Waals surface area (Å²) in [6.07, 6.45) is -2.74. The van der Waals surface area contributed by atoms with Crippen LogP contribution in [-0.2, 0) is 35.9 Å². The first kappa shape index (κ1) is 29.5. The van der Waals surface area contributed by atoms with E-state index in [1.165, 1.54) is 7.11 Å². The minimum atomic E-state index is -0.948. The number of rotatable bonds is 12. The van der Waals surface area contributed by atoms with Gasteiger partial charge in [0.2, 0.25) is 0 Å². The summed E-state index contributed by atoms with van der Waals surface area (Å²) < 4.78 is 31.4. The lowest BCUT2D eigenvalue weighted by Gasteiger charge is -2.45. The molecular formula is C34H35N3O5. The number of hydrogen-bond acceptors (Lipinski definition) is 6. The van der Waals surface area contributed by atoms with Crippen LogP contribution in [0.2, 0.25) is 0 Å². The minimum Gasteiger partial charge on any atom is -0.376 e. The molecule has 0 aromatic heterocycles. The predicted molar refractivity (Wildman–Crippen MR) is 160 cm³/mol. The fourth-order valence-electron chi connectivity index (χ4n) is 5.62. The molecule has 0 unspecified atom stereocenters. The molecule has 42 heavy (non-hydrogen) atoms. The van der Waals surface area contributed by atoms with Crippen molar-refractivity contribution < 1.29 is 23.7 Å². The van der Waals surface area contributed by atoms with Crippen molar-refractivity contribution in [2.24, 2.45) is 5.11 Å². The van der Waals surface area contributed by atoms with E-state index in [1.54, 1.807) is 7.11 Å². The summed E-state index contributed by atoms with van der Waals surface area (Å²) in [4.78, 5) is 3.06. The highest BCUT2D eigenvalue weighted by Gasteiger charge is 2.48. The van der Waals surface area contributed by atoms with Crippen LogP contribution in [-0.4, -0.2) is 51.5 Å². The van der Waals surface area contributed by atoms with Gasteiger partial charge in [-0.15, -0.1) is 0 Å². The van der Waals surface area contributed by atoms with Crippen LogP contribution in [0.5, 0.6) is 0 Å². The second-order valence-electron chi connectivity index (χ2n) is 10.0. The molecule has 0 amide bonds. The van der Waals surface area contributed by atoms with E-state index in [1.807, 2.05) is 84.9 Å². The summed E-state index contributed by atoms with van der Waals surface area (Å²) in [6.45, 7) is 0.431. The predicted octanol–water partition coefficient (Wildman–Crippen LogP) is 6.65. The van der Waals surface area contributed by atoms with Crippen molar-refractivity contribution in [2.45, 2.75) is 42.9 Å². The molecule has 8 nitrogen and oxygen atoms in total. The third-order valence-corrected chi connectivity index (χ3v) is 7.59. The van der Waals surface area contributed by atoms with E-state index in [0.717, 1.165) is 22.3 Å². The van der Waals surface area contributed by atoms with Gasteiger partial charge in [0.05, 0.1) is 13.2 Å². The van der Waals surface area contributed by atoms with Crippen molar-refractivity contribution >= 4 is 0 Å². The maximum absolute atomic E-state index is 9.37. The molecule has 0 bridgehead atoms. The standard InChI is InChI=1S/C34H35N3O5/c1-38-31-29(42-33(39-2)30(36-37-35)32(31)40-23-25-15-7-3-8-16-25)24-41-34(26-17-9-4-10-18-26,27-19-11-5-12-20-27)28-21-13-6-14-22-28/h3-22,29-33H,23-24H2,1-2H3/t29-,30-,31-,32-,33+/m1/s1. The van der Waals surface area contributed by atoms with Gasteiger partial charge < -0.3 is 23.7 Å². The molecule has 1 aliphatic heterocycles. The third kappa shape index (κ3) is 6.25. The van der Waals surface area contributed by atoms with Crippen molar-refractivity contribution in [1.82, 2.24) is 0 Å². The van der Waals surface area contributed by atoms with Gasteiger partial charge in [-0.25, -0.2) is 0 Å². The Morgan fingerprint density at radius 1 is 0.714 bits per heavy atom. The van der Waals surface area contributed by atoms with E-state index >= 15 is 0 Å². The summed E-state index contributed by atoms with van der Waals surface area (Å²) >= 11 is 0. The lowest BCUT2D eigenvalue weighted by atomic mass is 9.80. The van der Waals surface area contributed by atoms with Crippen molar-refractivity contribution in [3.63, 3.8) is 0 Å². The summed E-state index contributed by atoms with van der Waals surface area (Å²) in [6, 6.07) is 39.4. The molecule has 0 radical (unpaired) electrons. The quantitative estimate of drug-likeness (QED) is 0.0830. The van der Waals surface area contributed by atoms with Gasteiger partial charge in [-0.1, -0.05) is 126 Å². The highest BCUT2D eigenvalue weighted by atomic mass is 16.7. The zero-order chi connectivity index (χ0) is 29.2. The van der Waals surface area contributed by atoms with Gasteiger partial charge in [-0.2, -0.15) is 0 Å². The summed E-state index contributed by atoms with van der Waals surface area (Å²) in [7, 11) is 3.12. The van der Waals surface area contributed by atoms with Crippen LogP contribution in [0.3, 0.4) is 0 Å². The number of azide groups is 1. The molecule has 1 fully saturated rings. The van der Waals surface area contributed by atoms with Gasteiger partial charge in [-0.05, 0) is 27.8 Å². The monoisotopic (exact) mass is 565 g/mol. The molecule has 4 aromatic carbocycles. The van der Waals surface area contributed by atoms with Gasteiger partial charge in [0.15, 0.2) is 6.29 Å². The van der Waals surface area contributed by atoms with Gasteiger partial charge in [0, 0.05) is 19.1 Å². The second-order valence-corrected chi connectivity index (χ2v) is 10.0. The molecule has 0 saturated carbocycles. The fourth-order valence-corrected chi connectivity index (χ4v) is 5.62. The maximum Gasteiger partial charge on any atom is 0.168 e. The van der Waals surface area contributed by atoms with Crippen LogP contribution in [0.15, 0.2) is 126 Å². The molecule has 5 rings (SSSR count). The molecule has 1 aliphatic rings. The number of benzene rings is 4. The van der Waals surface area contributed by atoms with E-state index in [4.69, 9.17) is 23.7 Å². The Morgan fingerprint density at radius 3 is 1.67 bits per heavy atom. The van der Waals surface area contributed by atoms with E-state index < -0.39 is 36.2 Å². The number of nitrogens with zero attached hydrogens (tertiary/aromatic N) is 3. The zero-order valence-corrected chi connectivity index (χ0v) is 23.7. The number of hydrogen-bond donors (Lipinski definition) is 0. The third-order valence-electron chi connectivity index (χ3n) is 7.59. The van der Waals surface area contributed by atoms with Crippen LogP contribution in [0.1, 0.15) is 22.3 Å². The van der Waals surface area contributed by atoms with Crippen LogP contribution >= 0.6 is 0 Å². The van der Waals surface area contributed by atoms with Crippen LogP contribution in [0.25, 0.3) is 10.4 Å². The first-order chi connectivity index (χ1) is 20.7. The molecule has 1 heterocycles. The molecule has 0 spiro atoms. The summed E-state index contributed by atoms with van der Waals surface area (Å²) in [5, 5.41) is 4.00. The normalized spacial score (nSPS) is 22.3. The molecule has 216 valence electrons. The minimum absolute atomic E-state index is 0.130. The number of ether oxygens (including phenoxy) is 5. The van der Waals surface area contributed by atoms with Crippen LogP contribution < -0.4 is 0 Å². The van der Waals surface area contributed by atoms with E-state index in [9.17, 15) is 5.53 Å². The Morgan fingerprint density at radius 2 is 1.21 bits per heavy atom. The lowest BCUT2D eigenvalue weighted by molar-refractivity contribution is -0.277. The van der Waals surface area contributed by atoms with Crippen molar-refractivity contribution in [3.05, 3.63) is 154 Å². The molecule has 1 saturated heterocycles. The first-order valence-corrected chi connectivity index (χ1v) is 13.9. The second kappa shape index (κ2) is 14.2. The van der Waals surface area contributed by atoms with E-state index in [2.05, 4.69) is 46.4 Å². The average Bonchev–Trinajstić information content (AvgIpc) is 3.06. The zero-order valence-electron chi connectivity index (χ0n) is 23.7. The molecule has 4 aromatic rings. The van der Waals surface area contributed by atoms with Crippen molar-refractivity contribution in [2.75, 3.05) is 20.8 Å². The molecule has 0 aliphatic carbocycles. The molecule has 0 N–H and O–H groups in total. The maximum atomic E-state index is 9.37. The SMILES string of the molecule is CO[C@H]1O[C@H](COC(c2ccccc2)(c2ccccc2)c2ccccc2)[C@@H](OC)[C@H](OCc2ccccc2)[C@H]1N=[N+]=[N-]. The van der Waals surface area contributed by atoms with Crippen molar-refractivity contribution in [1.29, 1.82) is 0 Å². The Hall–Kier alpha value is -4.01. The van der Waals surface area contributed by atoms with Crippen LogP contribution in [0, 0.1) is 0 Å². The Labute approximate surface area is 246 Å². The van der Waals surface area contributed by atoms with Gasteiger partial charge in [0.1, 0.15) is 30.0 Å². The Balaban J connectivity index is 1.52. The van der Waals surface area contributed by atoms with Gasteiger partial charge in [-0.3, -0.25) is 0 Å². The Bertz CT molecular complexity index is 1320. The first-order valence-electron chi connectivity index (χ1n) is 13.9. The smallest absolute Gasteiger partial charge is 0.168 e. The highest BCUT2D eigenvalue weighted by molar-refractivity contribution is 5.47. The highest BCUT2D eigenvalue weighted by Crippen LogP contribution is 2.41. The topological polar surface area (TPSA) is 94.9 Å². The average molecular weight is 566 g/mol. The van der Waals surface area contributed by atoms with Crippen molar-refractivity contribution in [3.8, 4) is 0 Å². The number of methoxy groups -OCH3 is 2. The van der Waals surface area contributed by atoms with E-state index in [0.29, 0.717) is 6.61 Å². The largest absolute Gasteiger partial charge is 0.376 e. The van der Waals surface area contributed by atoms with Gasteiger partial charge in [0.25, 0.3) is 0 Å². The van der Waals surface area contributed by atoms with E-state index in [-0.39, 0.29) is 6.61 Å². The Kier molecular flexibility index (Phi) is 10.0. The molecule has 5 atom stereocenters. The van der Waals surface area contributed by atoms with Gasteiger partial charge >= 0.3 is 0 Å². The summed E-state index contributed by atoms with van der Waals surface area (Å²) in [5.41, 5.74) is 12.3. The molecular weight excluding hydrogens is 530 g/mol. The van der Waals surface area contributed by atoms with Crippen LogP contribution in [0.4, 0.5) is 0 Å². The molecule has 8 heteroatoms. The fraction of sp³-hybridized carbons (Fsp3) is 0.294. The lowest BCUT2D eigenvalue weighted by Crippen LogP contribution is -2.60.